The first-order valence-corrected chi connectivity index (χ1v) is 14.5. The van der Waals surface area contributed by atoms with E-state index in [1.54, 1.807) is 49.4 Å². The van der Waals surface area contributed by atoms with Gasteiger partial charge in [-0.2, -0.15) is 13.2 Å². The van der Waals surface area contributed by atoms with Crippen LogP contribution in [0, 0.1) is 5.92 Å². The molecule has 8 nitrogen and oxygen atoms in total. The molecule has 234 valence electrons. The van der Waals surface area contributed by atoms with E-state index in [1.807, 2.05) is 0 Å². The average molecular weight is 633 g/mol. The van der Waals surface area contributed by atoms with Crippen molar-refractivity contribution in [3.63, 3.8) is 0 Å². The molecule has 5 rings (SSSR count). The van der Waals surface area contributed by atoms with E-state index in [0.717, 1.165) is 6.07 Å². The summed E-state index contributed by atoms with van der Waals surface area (Å²) >= 11 is 6.12. The molecule has 1 saturated carbocycles. The van der Waals surface area contributed by atoms with Crippen LogP contribution >= 0.6 is 11.6 Å². The number of methoxy groups -OCH3 is 2. The molecule has 1 fully saturated rings. The van der Waals surface area contributed by atoms with Gasteiger partial charge in [0.15, 0.2) is 0 Å². The summed E-state index contributed by atoms with van der Waals surface area (Å²) < 4.78 is 63.2. The number of nitrogens with one attached hydrogen (secondary N) is 1. The monoisotopic (exact) mass is 632 g/mol. The van der Waals surface area contributed by atoms with Crippen LogP contribution in [-0.2, 0) is 26.9 Å². The molecule has 3 aromatic rings. The molecule has 1 atom stereocenters. The van der Waals surface area contributed by atoms with Crippen molar-refractivity contribution >= 4 is 34.9 Å². The van der Waals surface area contributed by atoms with E-state index in [2.05, 4.69) is 5.32 Å². The highest BCUT2D eigenvalue weighted by Crippen LogP contribution is 2.43. The van der Waals surface area contributed by atoms with Gasteiger partial charge >= 0.3 is 12.1 Å². The van der Waals surface area contributed by atoms with Gasteiger partial charge in [0.1, 0.15) is 29.4 Å². The Morgan fingerprint density at radius 3 is 2.36 bits per heavy atom. The summed E-state index contributed by atoms with van der Waals surface area (Å²) in [5.74, 6) is -0.269. The van der Waals surface area contributed by atoms with Gasteiger partial charge < -0.3 is 29.2 Å². The van der Waals surface area contributed by atoms with Crippen LogP contribution in [0.25, 0.3) is 0 Å². The zero-order chi connectivity index (χ0) is 31.6. The maximum Gasteiger partial charge on any atom is 0.420 e. The predicted molar refractivity (Wildman–Crippen MR) is 159 cm³/mol. The summed E-state index contributed by atoms with van der Waals surface area (Å²) in [6.07, 6.45) is -3.46. The second kappa shape index (κ2) is 12.9. The second-order valence-corrected chi connectivity index (χ2v) is 11.0. The fourth-order valence-corrected chi connectivity index (χ4v) is 5.57. The zero-order valence-electron chi connectivity index (χ0n) is 24.4. The first-order valence-electron chi connectivity index (χ1n) is 14.1. The number of alkyl halides is 3. The first-order chi connectivity index (χ1) is 21.0. The Morgan fingerprint density at radius 1 is 1.02 bits per heavy atom. The Labute approximate surface area is 258 Å². The zero-order valence-corrected chi connectivity index (χ0v) is 25.1. The molecule has 0 radical (unpaired) electrons. The number of hydrogen-bond acceptors (Lipinski definition) is 7. The number of carbonyl (C=O) groups is 2. The van der Waals surface area contributed by atoms with Crippen LogP contribution in [0.3, 0.4) is 0 Å². The van der Waals surface area contributed by atoms with Crippen molar-refractivity contribution < 1.29 is 41.7 Å². The van der Waals surface area contributed by atoms with Crippen molar-refractivity contribution in [1.82, 2.24) is 0 Å². The average Bonchev–Trinajstić information content (AvgIpc) is 3.39. The number of rotatable bonds is 10. The highest BCUT2D eigenvalue weighted by Gasteiger charge is 2.39. The lowest BCUT2D eigenvalue weighted by Crippen LogP contribution is -2.39. The molecule has 44 heavy (non-hydrogen) atoms. The number of anilines is 2. The number of esters is 1. The lowest BCUT2D eigenvalue weighted by atomic mass is 9.82. The van der Waals surface area contributed by atoms with Gasteiger partial charge in [-0.05, 0) is 61.6 Å². The fraction of sp³-hybridized carbons (Fsp3) is 0.375. The Hall–Kier alpha value is -4.12. The van der Waals surface area contributed by atoms with E-state index in [4.69, 9.17) is 30.5 Å². The van der Waals surface area contributed by atoms with Crippen LogP contribution in [0.15, 0.2) is 54.6 Å². The maximum absolute atomic E-state index is 14.2. The molecule has 1 amide bonds. The smallest absolute Gasteiger partial charge is 0.420 e. The largest absolute Gasteiger partial charge is 0.497 e. The van der Waals surface area contributed by atoms with Gasteiger partial charge in [-0.15, -0.1) is 0 Å². The topological polar surface area (TPSA) is 86.3 Å². The number of benzene rings is 3. The van der Waals surface area contributed by atoms with Crippen LogP contribution in [0.2, 0.25) is 5.02 Å². The summed E-state index contributed by atoms with van der Waals surface area (Å²) in [7, 11) is 2.68. The molecule has 0 spiro atoms. The molecule has 1 unspecified atom stereocenters. The molecular formula is C32H32ClF3N2O6. The van der Waals surface area contributed by atoms with E-state index in [9.17, 15) is 22.8 Å². The van der Waals surface area contributed by atoms with Gasteiger partial charge in [0.2, 0.25) is 0 Å². The van der Waals surface area contributed by atoms with E-state index in [-0.39, 0.29) is 36.0 Å². The summed E-state index contributed by atoms with van der Waals surface area (Å²) in [6, 6.07) is 13.1. The molecule has 1 aliphatic carbocycles. The van der Waals surface area contributed by atoms with Gasteiger partial charge in [0.05, 0.1) is 32.3 Å². The van der Waals surface area contributed by atoms with Crippen molar-refractivity contribution in [2.24, 2.45) is 5.92 Å². The molecule has 2 aliphatic rings. The lowest BCUT2D eigenvalue weighted by molar-refractivity contribution is -0.154. The number of nitrogens with zero attached hydrogens (tertiary/aromatic N) is 1. The molecule has 12 heteroatoms. The summed E-state index contributed by atoms with van der Waals surface area (Å²) in [5.41, 5.74) is 0.847. The van der Waals surface area contributed by atoms with Crippen LogP contribution in [-0.4, -0.2) is 45.4 Å². The number of carbonyl (C=O) groups excluding carboxylic acids is 2. The molecule has 0 aromatic heterocycles. The molecule has 0 saturated heterocycles. The molecule has 1 aliphatic heterocycles. The minimum atomic E-state index is -4.67. The van der Waals surface area contributed by atoms with Crippen molar-refractivity contribution in [1.29, 1.82) is 0 Å². The highest BCUT2D eigenvalue weighted by atomic mass is 35.5. The van der Waals surface area contributed by atoms with Crippen LogP contribution < -0.4 is 24.4 Å². The van der Waals surface area contributed by atoms with E-state index < -0.39 is 23.7 Å². The number of halogens is 4. The number of fused-ring (bicyclic) bond motifs is 1. The summed E-state index contributed by atoms with van der Waals surface area (Å²) in [4.78, 5) is 27.5. The fourth-order valence-electron chi connectivity index (χ4n) is 5.45. The maximum atomic E-state index is 14.2. The minimum Gasteiger partial charge on any atom is -0.497 e. The van der Waals surface area contributed by atoms with Crippen molar-refractivity contribution in [3.8, 4) is 17.2 Å². The number of hydrogen-bond donors (Lipinski definition) is 1. The van der Waals surface area contributed by atoms with Crippen LogP contribution in [0.4, 0.5) is 24.5 Å². The normalized spacial score (nSPS) is 18.1. The van der Waals surface area contributed by atoms with Crippen molar-refractivity contribution in [2.45, 2.75) is 44.5 Å². The third-order valence-corrected chi connectivity index (χ3v) is 8.01. The Kier molecular flexibility index (Phi) is 9.15. The lowest BCUT2D eigenvalue weighted by Gasteiger charge is -2.33. The van der Waals surface area contributed by atoms with Gasteiger partial charge in [0.25, 0.3) is 5.91 Å². The number of ether oxygens (including phenoxy) is 4. The Bertz CT molecular complexity index is 1530. The minimum absolute atomic E-state index is 0.180. The van der Waals surface area contributed by atoms with Gasteiger partial charge in [-0.1, -0.05) is 23.7 Å². The standard InChI is InChI=1S/C32H32ClF3N2O6/c1-4-43-31(40)20-11-24(12-20)44-25-15-22(14-23(16-25)41-2)37-29(18-5-7-21(33)8-6-18)30(39)38-10-9-19-13-28(42-3)26(17-27(19)38)32(34,35)36/h5-8,13-17,20,24,29,37H,4,9-12H2,1-3H3/t20-,24+,29?. The first kappa shape index (κ1) is 31.3. The van der Waals surface area contributed by atoms with Crippen LogP contribution in [0.5, 0.6) is 17.2 Å². The third-order valence-electron chi connectivity index (χ3n) is 7.76. The molecule has 1 heterocycles. The van der Waals surface area contributed by atoms with Gasteiger partial charge in [-0.3, -0.25) is 9.59 Å². The van der Waals surface area contributed by atoms with Gasteiger partial charge in [-0.25, -0.2) is 0 Å². The van der Waals surface area contributed by atoms with Crippen molar-refractivity contribution in [3.05, 3.63) is 76.3 Å². The summed E-state index contributed by atoms with van der Waals surface area (Å²) in [6.45, 7) is 2.27. The van der Waals surface area contributed by atoms with E-state index >= 15 is 0 Å². The molecular weight excluding hydrogens is 601 g/mol. The quantitative estimate of drug-likeness (QED) is 0.245. The Balaban J connectivity index is 1.43. The molecule has 3 aromatic carbocycles. The van der Waals surface area contributed by atoms with Gasteiger partial charge in [0, 0.05) is 41.1 Å². The van der Waals surface area contributed by atoms with Crippen molar-refractivity contribution in [2.75, 3.05) is 37.6 Å². The molecule has 0 bridgehead atoms. The highest BCUT2D eigenvalue weighted by molar-refractivity contribution is 6.30. The number of amides is 1. The predicted octanol–water partition coefficient (Wildman–Crippen LogP) is 6.84. The summed E-state index contributed by atoms with van der Waals surface area (Å²) in [5, 5.41) is 3.71. The Morgan fingerprint density at radius 2 is 1.73 bits per heavy atom. The van der Waals surface area contributed by atoms with E-state index in [0.29, 0.717) is 59.2 Å². The van der Waals surface area contributed by atoms with E-state index in [1.165, 1.54) is 25.2 Å². The third kappa shape index (κ3) is 6.67. The SMILES string of the molecule is CCOC(=O)[C@H]1C[C@@H](Oc2cc(NC(C(=O)N3CCc4cc(OC)c(C(F)(F)F)cc43)c3ccc(Cl)cc3)cc(OC)c2)C1. The second-order valence-electron chi connectivity index (χ2n) is 10.6. The van der Waals surface area contributed by atoms with Crippen LogP contribution in [0.1, 0.15) is 42.5 Å². The molecule has 1 N–H and O–H groups in total.